The molecule has 20 heavy (non-hydrogen) atoms. The molecular weight excluding hydrogens is 274 g/mol. The number of thiophene rings is 1. The van der Waals surface area contributed by atoms with Crippen molar-refractivity contribution in [2.45, 2.75) is 25.9 Å². The van der Waals surface area contributed by atoms with Crippen LogP contribution in [-0.2, 0) is 17.8 Å². The lowest BCUT2D eigenvalue weighted by Gasteiger charge is -2.25. The molecule has 1 aliphatic rings. The average Bonchev–Trinajstić information content (AvgIpc) is 3.09. The molecule has 0 aliphatic carbocycles. The first-order valence-corrected chi connectivity index (χ1v) is 7.54. The number of nitrogens with one attached hydrogen (secondary N) is 2. The van der Waals surface area contributed by atoms with Crippen molar-refractivity contribution in [2.75, 3.05) is 13.1 Å². The van der Waals surface area contributed by atoms with Gasteiger partial charge in [0.1, 0.15) is 0 Å². The van der Waals surface area contributed by atoms with E-state index in [-0.39, 0.29) is 11.9 Å². The normalized spacial score (nSPS) is 16.6. The standard InChI is InChI=1S/C13H17N5OS/c1-9(12-3-2-6-20-12)14-13(19)8-18-5-4-10-11(7-18)16-17-15-10/h2-3,6,9H,4-5,7-8H2,1H3,(H,14,19)(H,15,16,17)/t9-/m0/s1. The van der Waals surface area contributed by atoms with Gasteiger partial charge in [-0.15, -0.1) is 11.3 Å². The predicted molar refractivity (Wildman–Crippen MR) is 76.2 cm³/mol. The molecule has 0 aromatic carbocycles. The molecule has 0 saturated carbocycles. The van der Waals surface area contributed by atoms with Crippen molar-refractivity contribution in [3.05, 3.63) is 33.8 Å². The summed E-state index contributed by atoms with van der Waals surface area (Å²) in [5, 5.41) is 15.9. The van der Waals surface area contributed by atoms with E-state index in [0.717, 1.165) is 24.4 Å². The molecule has 0 radical (unpaired) electrons. The van der Waals surface area contributed by atoms with E-state index < -0.39 is 0 Å². The summed E-state index contributed by atoms with van der Waals surface area (Å²) in [5.41, 5.74) is 1.98. The van der Waals surface area contributed by atoms with Crippen LogP contribution in [0.25, 0.3) is 0 Å². The Morgan fingerprint density at radius 3 is 3.20 bits per heavy atom. The van der Waals surface area contributed by atoms with Crippen molar-refractivity contribution >= 4 is 17.2 Å². The number of aromatic nitrogens is 3. The Morgan fingerprint density at radius 2 is 2.40 bits per heavy atom. The third-order valence-electron chi connectivity index (χ3n) is 3.46. The fraction of sp³-hybridized carbons (Fsp3) is 0.462. The zero-order valence-electron chi connectivity index (χ0n) is 11.3. The van der Waals surface area contributed by atoms with Crippen LogP contribution in [0.5, 0.6) is 0 Å². The average molecular weight is 291 g/mol. The quantitative estimate of drug-likeness (QED) is 0.885. The van der Waals surface area contributed by atoms with Gasteiger partial charge in [0, 0.05) is 24.4 Å². The summed E-state index contributed by atoms with van der Waals surface area (Å²) >= 11 is 1.66. The maximum absolute atomic E-state index is 12.1. The van der Waals surface area contributed by atoms with Gasteiger partial charge in [-0.05, 0) is 18.4 Å². The van der Waals surface area contributed by atoms with Crippen LogP contribution in [-0.4, -0.2) is 39.3 Å². The first-order chi connectivity index (χ1) is 9.72. The van der Waals surface area contributed by atoms with Gasteiger partial charge in [0.05, 0.1) is 24.0 Å². The smallest absolute Gasteiger partial charge is 0.234 e. The zero-order valence-corrected chi connectivity index (χ0v) is 12.1. The molecule has 2 aromatic heterocycles. The SMILES string of the molecule is C[C@H](NC(=O)CN1CCc2n[nH]nc2C1)c1cccs1. The van der Waals surface area contributed by atoms with Gasteiger partial charge in [-0.3, -0.25) is 9.69 Å². The summed E-state index contributed by atoms with van der Waals surface area (Å²) in [6.07, 6.45) is 0.847. The number of rotatable bonds is 4. The van der Waals surface area contributed by atoms with Gasteiger partial charge in [-0.1, -0.05) is 6.07 Å². The van der Waals surface area contributed by atoms with E-state index in [1.54, 1.807) is 11.3 Å². The number of hydrogen-bond donors (Lipinski definition) is 2. The summed E-state index contributed by atoms with van der Waals surface area (Å²) in [4.78, 5) is 15.4. The second kappa shape index (κ2) is 5.72. The van der Waals surface area contributed by atoms with Gasteiger partial charge in [0.2, 0.25) is 5.91 Å². The molecule has 106 valence electrons. The van der Waals surface area contributed by atoms with E-state index >= 15 is 0 Å². The second-order valence-electron chi connectivity index (χ2n) is 4.98. The number of H-pyrrole nitrogens is 1. The van der Waals surface area contributed by atoms with Gasteiger partial charge in [0.25, 0.3) is 0 Å². The number of amides is 1. The van der Waals surface area contributed by atoms with E-state index in [1.165, 1.54) is 4.88 Å². The third kappa shape index (κ3) is 2.88. The second-order valence-corrected chi connectivity index (χ2v) is 5.96. The van der Waals surface area contributed by atoms with Gasteiger partial charge in [-0.2, -0.15) is 15.4 Å². The monoisotopic (exact) mass is 291 g/mol. The molecule has 1 amide bonds. The van der Waals surface area contributed by atoms with E-state index in [2.05, 4.69) is 25.6 Å². The van der Waals surface area contributed by atoms with Crippen LogP contribution in [0.15, 0.2) is 17.5 Å². The highest BCUT2D eigenvalue weighted by Crippen LogP contribution is 2.18. The summed E-state index contributed by atoms with van der Waals surface area (Å²) in [5.74, 6) is 0.0536. The van der Waals surface area contributed by atoms with Crippen LogP contribution >= 0.6 is 11.3 Å². The number of fused-ring (bicyclic) bond motifs is 1. The van der Waals surface area contributed by atoms with E-state index in [1.807, 2.05) is 24.4 Å². The molecule has 6 nitrogen and oxygen atoms in total. The Kier molecular flexibility index (Phi) is 3.79. The lowest BCUT2D eigenvalue weighted by molar-refractivity contribution is -0.123. The molecule has 3 heterocycles. The number of aromatic amines is 1. The van der Waals surface area contributed by atoms with E-state index in [0.29, 0.717) is 13.1 Å². The molecule has 0 fully saturated rings. The Bertz CT molecular complexity index is 579. The van der Waals surface area contributed by atoms with Crippen LogP contribution in [0.1, 0.15) is 29.2 Å². The molecule has 1 atom stereocenters. The summed E-state index contributed by atoms with van der Waals surface area (Å²) in [6.45, 7) is 3.95. The van der Waals surface area contributed by atoms with Crippen LogP contribution in [0.3, 0.4) is 0 Å². The topological polar surface area (TPSA) is 73.9 Å². The molecule has 1 aliphatic heterocycles. The van der Waals surface area contributed by atoms with Gasteiger partial charge in [0.15, 0.2) is 0 Å². The van der Waals surface area contributed by atoms with Crippen molar-refractivity contribution < 1.29 is 4.79 Å². The van der Waals surface area contributed by atoms with Gasteiger partial charge >= 0.3 is 0 Å². The van der Waals surface area contributed by atoms with Crippen molar-refractivity contribution in [1.29, 1.82) is 0 Å². The number of nitrogens with zero attached hydrogens (tertiary/aromatic N) is 3. The molecule has 3 rings (SSSR count). The van der Waals surface area contributed by atoms with Crippen LogP contribution in [0, 0.1) is 0 Å². The molecule has 0 saturated heterocycles. The van der Waals surface area contributed by atoms with Gasteiger partial charge < -0.3 is 5.32 Å². The number of hydrogen-bond acceptors (Lipinski definition) is 5. The minimum Gasteiger partial charge on any atom is -0.348 e. The zero-order chi connectivity index (χ0) is 13.9. The Labute approximate surface area is 121 Å². The fourth-order valence-electron chi connectivity index (χ4n) is 2.39. The lowest BCUT2D eigenvalue weighted by atomic mass is 10.1. The Hall–Kier alpha value is -1.73. The molecule has 2 N–H and O–H groups in total. The van der Waals surface area contributed by atoms with E-state index in [9.17, 15) is 4.79 Å². The minimum absolute atomic E-state index is 0.0536. The summed E-state index contributed by atoms with van der Waals surface area (Å²) in [7, 11) is 0. The summed E-state index contributed by atoms with van der Waals surface area (Å²) < 4.78 is 0. The molecule has 0 bridgehead atoms. The van der Waals surface area contributed by atoms with Crippen molar-refractivity contribution in [2.24, 2.45) is 0 Å². The Morgan fingerprint density at radius 1 is 1.55 bits per heavy atom. The van der Waals surface area contributed by atoms with Crippen LogP contribution in [0.4, 0.5) is 0 Å². The molecule has 2 aromatic rings. The van der Waals surface area contributed by atoms with Crippen molar-refractivity contribution in [3.63, 3.8) is 0 Å². The first-order valence-electron chi connectivity index (χ1n) is 6.66. The molecule has 7 heteroatoms. The first kappa shape index (κ1) is 13.3. The third-order valence-corrected chi connectivity index (χ3v) is 4.51. The van der Waals surface area contributed by atoms with Crippen LogP contribution < -0.4 is 5.32 Å². The molecule has 0 unspecified atom stereocenters. The summed E-state index contributed by atoms with van der Waals surface area (Å²) in [6, 6.07) is 4.10. The highest BCUT2D eigenvalue weighted by molar-refractivity contribution is 7.10. The largest absolute Gasteiger partial charge is 0.348 e. The maximum atomic E-state index is 12.1. The highest BCUT2D eigenvalue weighted by Gasteiger charge is 2.22. The fourth-order valence-corrected chi connectivity index (χ4v) is 3.12. The molecular formula is C13H17N5OS. The number of carbonyl (C=O) groups is 1. The molecule has 0 spiro atoms. The van der Waals surface area contributed by atoms with Crippen molar-refractivity contribution in [3.8, 4) is 0 Å². The minimum atomic E-state index is 0.0536. The van der Waals surface area contributed by atoms with E-state index in [4.69, 9.17) is 0 Å². The van der Waals surface area contributed by atoms with Crippen molar-refractivity contribution in [1.82, 2.24) is 25.6 Å². The number of carbonyl (C=O) groups excluding carboxylic acids is 1. The Balaban J connectivity index is 1.52. The lowest BCUT2D eigenvalue weighted by Crippen LogP contribution is -2.40. The van der Waals surface area contributed by atoms with Gasteiger partial charge in [-0.25, -0.2) is 0 Å². The maximum Gasteiger partial charge on any atom is 0.234 e. The predicted octanol–water partition coefficient (Wildman–Crippen LogP) is 1.10. The van der Waals surface area contributed by atoms with Crippen LogP contribution in [0.2, 0.25) is 0 Å². The highest BCUT2D eigenvalue weighted by atomic mass is 32.1.